The molecule has 60 valence electrons. The summed E-state index contributed by atoms with van der Waals surface area (Å²) in [5.41, 5.74) is 6.53. The van der Waals surface area contributed by atoms with Gasteiger partial charge in [-0.15, -0.1) is 0 Å². The van der Waals surface area contributed by atoms with E-state index in [1.807, 2.05) is 17.8 Å². The van der Waals surface area contributed by atoms with Crippen molar-refractivity contribution in [3.63, 3.8) is 0 Å². The van der Waals surface area contributed by atoms with Gasteiger partial charge in [-0.05, 0) is 12.5 Å². The van der Waals surface area contributed by atoms with Crippen LogP contribution in [0.2, 0.25) is 0 Å². The molecule has 2 N–H and O–H groups in total. The van der Waals surface area contributed by atoms with Gasteiger partial charge in [0.1, 0.15) is 0 Å². The van der Waals surface area contributed by atoms with Gasteiger partial charge in [-0.3, -0.25) is 4.68 Å². The monoisotopic (exact) mass is 169 g/mol. The average Bonchev–Trinajstić information content (AvgIpc) is 2.31. The Bertz CT molecular complexity index is 254. The van der Waals surface area contributed by atoms with Crippen LogP contribution in [-0.4, -0.2) is 14.8 Å². The lowest BCUT2D eigenvalue weighted by Gasteiger charge is -1.99. The second-order valence-electron chi connectivity index (χ2n) is 2.41. The van der Waals surface area contributed by atoms with E-state index in [2.05, 4.69) is 5.10 Å². The van der Waals surface area contributed by atoms with Crippen LogP contribution in [0.3, 0.4) is 0 Å². The van der Waals surface area contributed by atoms with E-state index < -0.39 is 0 Å². The van der Waals surface area contributed by atoms with Crippen LogP contribution >= 0.6 is 12.2 Å². The predicted octanol–water partition coefficient (Wildman–Crippen LogP) is 0.639. The Morgan fingerprint density at radius 2 is 2.55 bits per heavy atom. The van der Waals surface area contributed by atoms with Crippen LogP contribution in [-0.2, 0) is 13.5 Å². The van der Waals surface area contributed by atoms with Crippen LogP contribution in [0.25, 0.3) is 0 Å². The first-order valence-corrected chi connectivity index (χ1v) is 3.86. The molecule has 0 unspecified atom stereocenters. The van der Waals surface area contributed by atoms with Crippen molar-refractivity contribution in [3.8, 4) is 0 Å². The second kappa shape index (κ2) is 3.48. The number of aromatic nitrogens is 2. The number of aryl methyl sites for hydroxylation is 2. The molecule has 0 aromatic carbocycles. The van der Waals surface area contributed by atoms with Crippen molar-refractivity contribution in [2.24, 2.45) is 12.8 Å². The smallest absolute Gasteiger partial charge is 0.0731 e. The molecular formula is C7H11N3S. The van der Waals surface area contributed by atoms with Crippen molar-refractivity contribution in [1.29, 1.82) is 0 Å². The molecule has 0 bridgehead atoms. The normalized spacial score (nSPS) is 9.91. The lowest BCUT2D eigenvalue weighted by molar-refractivity contribution is 0.711. The minimum Gasteiger partial charge on any atom is -0.393 e. The first kappa shape index (κ1) is 8.20. The van der Waals surface area contributed by atoms with E-state index in [0.29, 0.717) is 4.99 Å². The molecule has 0 aliphatic rings. The highest BCUT2D eigenvalue weighted by Gasteiger charge is 1.97. The molecule has 0 atom stereocenters. The van der Waals surface area contributed by atoms with E-state index in [1.165, 1.54) is 0 Å². The molecule has 4 heteroatoms. The number of rotatable bonds is 3. The zero-order valence-electron chi connectivity index (χ0n) is 6.45. The van der Waals surface area contributed by atoms with E-state index in [4.69, 9.17) is 18.0 Å². The molecular weight excluding hydrogens is 158 g/mol. The van der Waals surface area contributed by atoms with Gasteiger partial charge >= 0.3 is 0 Å². The molecule has 0 saturated carbocycles. The summed E-state index contributed by atoms with van der Waals surface area (Å²) >= 11 is 4.76. The fraction of sp³-hybridized carbons (Fsp3) is 0.429. The van der Waals surface area contributed by atoms with Crippen LogP contribution in [0.15, 0.2) is 12.3 Å². The third-order valence-electron chi connectivity index (χ3n) is 1.55. The van der Waals surface area contributed by atoms with Gasteiger partial charge in [0, 0.05) is 25.4 Å². The molecule has 0 radical (unpaired) electrons. The van der Waals surface area contributed by atoms with Gasteiger partial charge in [0.2, 0.25) is 0 Å². The topological polar surface area (TPSA) is 43.8 Å². The van der Waals surface area contributed by atoms with E-state index in [0.717, 1.165) is 18.5 Å². The Balaban J connectivity index is 2.51. The lowest BCUT2D eigenvalue weighted by Crippen LogP contribution is -2.10. The maximum atomic E-state index is 5.36. The summed E-state index contributed by atoms with van der Waals surface area (Å²) in [7, 11) is 1.91. The Morgan fingerprint density at radius 3 is 3.00 bits per heavy atom. The summed E-state index contributed by atoms with van der Waals surface area (Å²) in [5.74, 6) is 0. The second-order valence-corrected chi connectivity index (χ2v) is 2.94. The molecule has 1 aromatic heterocycles. The Hall–Kier alpha value is -0.900. The minimum absolute atomic E-state index is 0.561. The van der Waals surface area contributed by atoms with E-state index in [-0.39, 0.29) is 0 Å². The number of nitrogens with zero attached hydrogens (tertiary/aromatic N) is 2. The predicted molar refractivity (Wildman–Crippen MR) is 48.3 cm³/mol. The first-order valence-electron chi connectivity index (χ1n) is 3.45. The molecule has 0 saturated heterocycles. The highest BCUT2D eigenvalue weighted by molar-refractivity contribution is 7.80. The summed E-state index contributed by atoms with van der Waals surface area (Å²) in [6.45, 7) is 0. The van der Waals surface area contributed by atoms with Gasteiger partial charge < -0.3 is 5.73 Å². The quantitative estimate of drug-likeness (QED) is 0.675. The number of hydrogen-bond acceptors (Lipinski definition) is 2. The Labute approximate surface area is 71.2 Å². The summed E-state index contributed by atoms with van der Waals surface area (Å²) in [5, 5.41) is 4.03. The third-order valence-corrected chi connectivity index (χ3v) is 1.75. The maximum absolute atomic E-state index is 5.36. The third kappa shape index (κ3) is 2.31. The Morgan fingerprint density at radius 1 is 1.82 bits per heavy atom. The molecule has 0 aliphatic carbocycles. The lowest BCUT2D eigenvalue weighted by atomic mass is 10.2. The first-order chi connectivity index (χ1) is 5.20. The number of hydrogen-bond donors (Lipinski definition) is 1. The van der Waals surface area contributed by atoms with Gasteiger partial charge in [-0.1, -0.05) is 12.2 Å². The van der Waals surface area contributed by atoms with Gasteiger partial charge in [-0.2, -0.15) is 5.10 Å². The molecule has 0 aliphatic heterocycles. The molecule has 0 spiro atoms. The van der Waals surface area contributed by atoms with E-state index in [1.54, 1.807) is 6.20 Å². The van der Waals surface area contributed by atoms with Crippen LogP contribution in [0.4, 0.5) is 0 Å². The summed E-state index contributed by atoms with van der Waals surface area (Å²) < 4.78 is 1.83. The van der Waals surface area contributed by atoms with Crippen LogP contribution in [0.5, 0.6) is 0 Å². The number of thiocarbonyl (C=S) groups is 1. The van der Waals surface area contributed by atoms with Crippen LogP contribution < -0.4 is 5.73 Å². The van der Waals surface area contributed by atoms with Crippen molar-refractivity contribution in [1.82, 2.24) is 9.78 Å². The highest BCUT2D eigenvalue weighted by atomic mass is 32.1. The van der Waals surface area contributed by atoms with Crippen molar-refractivity contribution in [2.45, 2.75) is 12.8 Å². The average molecular weight is 169 g/mol. The SMILES string of the molecule is Cn1nccc1CCC(N)=S. The minimum atomic E-state index is 0.561. The molecule has 1 heterocycles. The van der Waals surface area contributed by atoms with Crippen LogP contribution in [0, 0.1) is 0 Å². The number of nitrogens with two attached hydrogens (primary N) is 1. The Kier molecular flexibility index (Phi) is 2.59. The molecule has 11 heavy (non-hydrogen) atoms. The fourth-order valence-electron chi connectivity index (χ4n) is 0.898. The standard InChI is InChI=1S/C7H11N3S/c1-10-6(4-5-9-10)2-3-7(8)11/h4-5H,2-3H2,1H3,(H2,8,11). The zero-order valence-corrected chi connectivity index (χ0v) is 7.27. The summed E-state index contributed by atoms with van der Waals surface area (Å²) in [4.78, 5) is 0.561. The molecule has 3 nitrogen and oxygen atoms in total. The van der Waals surface area contributed by atoms with Gasteiger partial charge in [0.05, 0.1) is 4.99 Å². The fourth-order valence-corrected chi connectivity index (χ4v) is 1.000. The highest BCUT2D eigenvalue weighted by Crippen LogP contribution is 2.00. The van der Waals surface area contributed by atoms with Crippen LogP contribution in [0.1, 0.15) is 12.1 Å². The van der Waals surface area contributed by atoms with Crippen molar-refractivity contribution in [2.75, 3.05) is 0 Å². The van der Waals surface area contributed by atoms with E-state index >= 15 is 0 Å². The summed E-state index contributed by atoms with van der Waals surface area (Å²) in [6, 6.07) is 1.97. The van der Waals surface area contributed by atoms with Crippen molar-refractivity contribution < 1.29 is 0 Å². The zero-order chi connectivity index (χ0) is 8.27. The molecule has 0 amide bonds. The molecule has 1 aromatic rings. The molecule has 1 rings (SSSR count). The largest absolute Gasteiger partial charge is 0.393 e. The van der Waals surface area contributed by atoms with Gasteiger partial charge in [0.15, 0.2) is 0 Å². The van der Waals surface area contributed by atoms with Gasteiger partial charge in [0.25, 0.3) is 0 Å². The maximum Gasteiger partial charge on any atom is 0.0731 e. The van der Waals surface area contributed by atoms with Crippen molar-refractivity contribution in [3.05, 3.63) is 18.0 Å². The van der Waals surface area contributed by atoms with E-state index in [9.17, 15) is 0 Å². The van der Waals surface area contributed by atoms with Gasteiger partial charge in [-0.25, -0.2) is 0 Å². The molecule has 0 fully saturated rings. The van der Waals surface area contributed by atoms with Crippen molar-refractivity contribution >= 4 is 17.2 Å². The summed E-state index contributed by atoms with van der Waals surface area (Å²) in [6.07, 6.45) is 3.41.